The molecule has 0 radical (unpaired) electrons. The predicted molar refractivity (Wildman–Crippen MR) is 108 cm³/mol. The fourth-order valence-electron chi connectivity index (χ4n) is 2.93. The Morgan fingerprint density at radius 1 is 1.14 bits per heavy atom. The number of aromatic nitrogens is 2. The number of rotatable bonds is 7. The smallest absolute Gasteiger partial charge is 0.324 e. The second-order valence-corrected chi connectivity index (χ2v) is 7.38. The van der Waals surface area contributed by atoms with E-state index in [1.807, 2.05) is 19.1 Å². The van der Waals surface area contributed by atoms with E-state index in [-0.39, 0.29) is 5.97 Å². The number of carbonyl (C=O) groups excluding carboxylic acids is 1. The molecule has 0 bridgehead atoms. The van der Waals surface area contributed by atoms with Crippen molar-refractivity contribution in [2.45, 2.75) is 20.3 Å². The highest BCUT2D eigenvalue weighted by Gasteiger charge is 2.19. The first-order valence-corrected chi connectivity index (χ1v) is 10.0. The van der Waals surface area contributed by atoms with Crippen LogP contribution in [0.5, 0.6) is 5.88 Å². The van der Waals surface area contributed by atoms with Crippen molar-refractivity contribution in [2.24, 2.45) is 0 Å². The Labute approximate surface area is 174 Å². The largest absolute Gasteiger partial charge is 0.475 e. The van der Waals surface area contributed by atoms with Gasteiger partial charge in [0.2, 0.25) is 5.88 Å². The van der Waals surface area contributed by atoms with Crippen LogP contribution in [0.15, 0.2) is 24.3 Å². The maximum Gasteiger partial charge on any atom is 0.324 e. The number of carbonyl (C=O) groups is 1. The third-order valence-electron chi connectivity index (χ3n) is 4.52. The molecule has 3 rings (SSSR count). The first-order chi connectivity index (χ1) is 13.5. The van der Waals surface area contributed by atoms with Gasteiger partial charge >= 0.3 is 5.97 Å². The maximum absolute atomic E-state index is 11.3. The lowest BCUT2D eigenvalue weighted by molar-refractivity contribution is -0.197. The zero-order chi connectivity index (χ0) is 20.1. The van der Waals surface area contributed by atoms with Gasteiger partial charge in [0, 0.05) is 50.9 Å². The van der Waals surface area contributed by atoms with Crippen LogP contribution >= 0.6 is 23.2 Å². The van der Waals surface area contributed by atoms with Crippen molar-refractivity contribution in [1.29, 1.82) is 0 Å². The summed E-state index contributed by atoms with van der Waals surface area (Å²) in [7, 11) is 0. The Bertz CT molecular complexity index is 820. The summed E-state index contributed by atoms with van der Waals surface area (Å²) in [4.78, 5) is 18.9. The van der Waals surface area contributed by atoms with E-state index in [2.05, 4.69) is 10.00 Å². The highest BCUT2D eigenvalue weighted by atomic mass is 35.5. The van der Waals surface area contributed by atoms with Gasteiger partial charge in [0.25, 0.3) is 0 Å². The Morgan fingerprint density at radius 3 is 2.57 bits per heavy atom. The minimum Gasteiger partial charge on any atom is -0.475 e. The Kier molecular flexibility index (Phi) is 7.18. The zero-order valence-electron chi connectivity index (χ0n) is 16.0. The van der Waals surface area contributed by atoms with Gasteiger partial charge in [0.1, 0.15) is 6.61 Å². The number of aryl methyl sites for hydroxylation is 1. The van der Waals surface area contributed by atoms with E-state index in [4.69, 9.17) is 32.8 Å². The van der Waals surface area contributed by atoms with Crippen molar-refractivity contribution >= 4 is 29.2 Å². The van der Waals surface area contributed by atoms with Gasteiger partial charge in [-0.15, -0.1) is 10.2 Å². The van der Waals surface area contributed by atoms with E-state index in [1.54, 1.807) is 28.8 Å². The van der Waals surface area contributed by atoms with Crippen LogP contribution in [0.25, 0.3) is 5.69 Å². The van der Waals surface area contributed by atoms with Crippen LogP contribution in [-0.2, 0) is 9.63 Å². The van der Waals surface area contributed by atoms with Gasteiger partial charge in [-0.05, 0) is 25.1 Å². The SMILES string of the molecule is CCC(=O)ON1CCN(CCOc2cc(C)n(-c3ccc(Cl)c(Cl)c3)n2)CC1. The number of ether oxygens (including phenoxy) is 1. The quantitative estimate of drug-likeness (QED) is 0.676. The molecule has 0 aliphatic carbocycles. The normalized spacial score (nSPS) is 15.6. The number of halogens is 2. The first kappa shape index (κ1) is 20.9. The molecule has 28 heavy (non-hydrogen) atoms. The second-order valence-electron chi connectivity index (χ2n) is 6.57. The number of nitrogens with zero attached hydrogens (tertiary/aromatic N) is 4. The van der Waals surface area contributed by atoms with Crippen molar-refractivity contribution in [3.8, 4) is 11.6 Å². The fourth-order valence-corrected chi connectivity index (χ4v) is 3.22. The Morgan fingerprint density at radius 2 is 1.89 bits per heavy atom. The molecule has 1 aromatic heterocycles. The van der Waals surface area contributed by atoms with Gasteiger partial charge in [0.15, 0.2) is 0 Å². The lowest BCUT2D eigenvalue weighted by atomic mass is 10.3. The molecule has 2 aromatic rings. The molecule has 1 aromatic carbocycles. The molecule has 7 nitrogen and oxygen atoms in total. The average Bonchev–Trinajstić information content (AvgIpc) is 3.06. The summed E-state index contributed by atoms with van der Waals surface area (Å²) in [5.41, 5.74) is 1.78. The summed E-state index contributed by atoms with van der Waals surface area (Å²) in [6, 6.07) is 7.28. The van der Waals surface area contributed by atoms with Crippen LogP contribution in [-0.4, -0.2) is 65.0 Å². The minimum absolute atomic E-state index is 0.190. The summed E-state index contributed by atoms with van der Waals surface area (Å²) in [5.74, 6) is 0.379. The second kappa shape index (κ2) is 9.60. The van der Waals surface area contributed by atoms with E-state index in [9.17, 15) is 4.79 Å². The average molecular weight is 427 g/mol. The van der Waals surface area contributed by atoms with Gasteiger partial charge in [-0.25, -0.2) is 4.68 Å². The molecule has 1 fully saturated rings. The van der Waals surface area contributed by atoms with Crippen molar-refractivity contribution in [2.75, 3.05) is 39.3 Å². The molecular formula is C19H24Cl2N4O3. The lowest BCUT2D eigenvalue weighted by Crippen LogP contribution is -2.47. The minimum atomic E-state index is -0.190. The van der Waals surface area contributed by atoms with Crippen LogP contribution in [0, 0.1) is 6.92 Å². The summed E-state index contributed by atoms with van der Waals surface area (Å²) < 4.78 is 7.60. The molecule has 1 aliphatic heterocycles. The van der Waals surface area contributed by atoms with Gasteiger partial charge in [0.05, 0.1) is 15.7 Å². The summed E-state index contributed by atoms with van der Waals surface area (Å²) in [5, 5.41) is 7.22. The molecule has 0 unspecified atom stereocenters. The topological polar surface area (TPSA) is 59.8 Å². The molecule has 152 valence electrons. The van der Waals surface area contributed by atoms with Crippen LogP contribution in [0.4, 0.5) is 0 Å². The van der Waals surface area contributed by atoms with Gasteiger partial charge in [-0.1, -0.05) is 30.1 Å². The zero-order valence-corrected chi connectivity index (χ0v) is 17.5. The van der Waals surface area contributed by atoms with E-state index < -0.39 is 0 Å². The molecular weight excluding hydrogens is 403 g/mol. The number of hydroxylamine groups is 2. The van der Waals surface area contributed by atoms with E-state index in [0.29, 0.717) is 42.0 Å². The summed E-state index contributed by atoms with van der Waals surface area (Å²) in [6.07, 6.45) is 0.391. The number of hydrogen-bond donors (Lipinski definition) is 0. The third kappa shape index (κ3) is 5.38. The highest BCUT2D eigenvalue weighted by molar-refractivity contribution is 6.42. The van der Waals surface area contributed by atoms with Crippen LogP contribution < -0.4 is 4.74 Å². The van der Waals surface area contributed by atoms with Gasteiger partial charge in [-0.2, -0.15) is 0 Å². The Hall–Kier alpha value is -1.80. The van der Waals surface area contributed by atoms with Crippen molar-refractivity contribution in [3.05, 3.63) is 40.0 Å². The maximum atomic E-state index is 11.3. The highest BCUT2D eigenvalue weighted by Crippen LogP contribution is 2.25. The van der Waals surface area contributed by atoms with Crippen molar-refractivity contribution < 1.29 is 14.4 Å². The fraction of sp³-hybridized carbons (Fsp3) is 0.474. The monoisotopic (exact) mass is 426 g/mol. The molecule has 2 heterocycles. The van der Waals surface area contributed by atoms with Gasteiger partial charge < -0.3 is 9.57 Å². The number of piperazine rings is 1. The Balaban J connectivity index is 1.47. The van der Waals surface area contributed by atoms with Gasteiger partial charge in [-0.3, -0.25) is 9.69 Å². The van der Waals surface area contributed by atoms with Crippen molar-refractivity contribution in [1.82, 2.24) is 19.7 Å². The molecule has 9 heteroatoms. The summed E-state index contributed by atoms with van der Waals surface area (Å²) >= 11 is 12.1. The standard InChI is InChI=1S/C19H24Cl2N4O3/c1-3-19(26)28-24-8-6-23(7-9-24)10-11-27-18-12-14(2)25(22-18)15-4-5-16(20)17(21)13-15/h4-5,12-13H,3,6-11H2,1-2H3. The lowest BCUT2D eigenvalue weighted by Gasteiger charge is -2.32. The van der Waals surface area contributed by atoms with E-state index in [0.717, 1.165) is 31.0 Å². The number of hydrogen-bond acceptors (Lipinski definition) is 6. The van der Waals surface area contributed by atoms with E-state index >= 15 is 0 Å². The third-order valence-corrected chi connectivity index (χ3v) is 5.26. The molecule has 0 saturated carbocycles. The molecule has 1 saturated heterocycles. The van der Waals surface area contributed by atoms with Crippen molar-refractivity contribution in [3.63, 3.8) is 0 Å². The first-order valence-electron chi connectivity index (χ1n) is 9.29. The van der Waals surface area contributed by atoms with E-state index in [1.165, 1.54) is 0 Å². The number of benzene rings is 1. The predicted octanol–water partition coefficient (Wildman–Crippen LogP) is 3.35. The van der Waals surface area contributed by atoms with Crippen LogP contribution in [0.1, 0.15) is 19.0 Å². The molecule has 0 spiro atoms. The molecule has 1 aliphatic rings. The van der Waals surface area contributed by atoms with Crippen LogP contribution in [0.3, 0.4) is 0 Å². The molecule has 0 atom stereocenters. The summed E-state index contributed by atoms with van der Waals surface area (Å²) in [6.45, 7) is 8.14. The van der Waals surface area contributed by atoms with Crippen LogP contribution in [0.2, 0.25) is 10.0 Å². The molecule has 0 N–H and O–H groups in total. The molecule has 0 amide bonds.